The highest BCUT2D eigenvalue weighted by molar-refractivity contribution is 6.62. The van der Waals surface area contributed by atoms with E-state index >= 15 is 4.39 Å². The molecule has 1 aromatic carbocycles. The summed E-state index contributed by atoms with van der Waals surface area (Å²) in [6.07, 6.45) is 4.41. The molecule has 7 heteroatoms. The Balaban J connectivity index is 1.75. The lowest BCUT2D eigenvalue weighted by molar-refractivity contribution is -0.0369. The molecular formula is C18H24BFN2O3. The molecule has 134 valence electrons. The van der Waals surface area contributed by atoms with E-state index in [1.165, 1.54) is 0 Å². The number of hydrogen-bond acceptors (Lipinski definition) is 4. The Morgan fingerprint density at radius 2 is 1.88 bits per heavy atom. The number of ether oxygens (including phenoxy) is 1. The molecular weight excluding hydrogens is 322 g/mol. The van der Waals surface area contributed by atoms with E-state index < -0.39 is 18.3 Å². The highest BCUT2D eigenvalue weighted by atomic mass is 19.1. The lowest BCUT2D eigenvalue weighted by atomic mass is 9.78. The van der Waals surface area contributed by atoms with Gasteiger partial charge in [-0.2, -0.15) is 5.10 Å². The molecule has 25 heavy (non-hydrogen) atoms. The molecule has 2 aliphatic heterocycles. The van der Waals surface area contributed by atoms with E-state index in [0.29, 0.717) is 17.6 Å². The van der Waals surface area contributed by atoms with Crippen LogP contribution in [-0.4, -0.2) is 34.7 Å². The van der Waals surface area contributed by atoms with Gasteiger partial charge in [-0.3, -0.25) is 0 Å². The summed E-state index contributed by atoms with van der Waals surface area (Å²) in [7, 11) is -0.731. The maximum Gasteiger partial charge on any atom is 0.497 e. The van der Waals surface area contributed by atoms with Gasteiger partial charge in [0.2, 0.25) is 0 Å². The first kappa shape index (κ1) is 17.0. The number of benzene rings is 1. The van der Waals surface area contributed by atoms with Crippen molar-refractivity contribution in [3.8, 4) is 0 Å². The van der Waals surface area contributed by atoms with Crippen molar-refractivity contribution >= 4 is 23.5 Å². The summed E-state index contributed by atoms with van der Waals surface area (Å²) in [6, 6.07) is 3.60. The number of rotatable bonds is 2. The van der Waals surface area contributed by atoms with Crippen molar-refractivity contribution in [1.29, 1.82) is 0 Å². The topological polar surface area (TPSA) is 45.5 Å². The van der Waals surface area contributed by atoms with Crippen LogP contribution in [0.4, 0.5) is 4.39 Å². The molecule has 5 nitrogen and oxygen atoms in total. The zero-order valence-corrected chi connectivity index (χ0v) is 15.2. The molecule has 1 unspecified atom stereocenters. The van der Waals surface area contributed by atoms with Crippen LogP contribution < -0.4 is 5.46 Å². The number of nitrogens with zero attached hydrogens (tertiary/aromatic N) is 2. The summed E-state index contributed by atoms with van der Waals surface area (Å²) in [4.78, 5) is 0. The van der Waals surface area contributed by atoms with Gasteiger partial charge in [-0.25, -0.2) is 9.07 Å². The molecule has 2 aromatic rings. The Kier molecular flexibility index (Phi) is 3.94. The van der Waals surface area contributed by atoms with Crippen molar-refractivity contribution in [1.82, 2.24) is 9.78 Å². The third-order valence-corrected chi connectivity index (χ3v) is 5.66. The minimum absolute atomic E-state index is 0.214. The number of halogens is 1. The molecule has 0 amide bonds. The minimum atomic E-state index is -0.731. The lowest BCUT2D eigenvalue weighted by Crippen LogP contribution is -2.41. The fourth-order valence-electron chi connectivity index (χ4n) is 3.40. The van der Waals surface area contributed by atoms with Crippen molar-refractivity contribution in [2.45, 2.75) is 64.4 Å². The summed E-state index contributed by atoms with van der Waals surface area (Å²) in [5, 5.41) is 5.13. The Hall–Kier alpha value is -1.44. The molecule has 0 spiro atoms. The number of aromatic nitrogens is 2. The molecule has 0 N–H and O–H groups in total. The molecule has 0 saturated carbocycles. The van der Waals surface area contributed by atoms with Gasteiger partial charge in [-0.15, -0.1) is 0 Å². The van der Waals surface area contributed by atoms with Crippen LogP contribution >= 0.6 is 0 Å². The molecule has 4 rings (SSSR count). The van der Waals surface area contributed by atoms with Crippen molar-refractivity contribution < 1.29 is 18.4 Å². The Labute approximate surface area is 147 Å². The van der Waals surface area contributed by atoms with E-state index in [9.17, 15) is 0 Å². The standard InChI is InChI=1S/C18H24BFN2O3/c1-17(2)18(3,4)25-19(24-17)13-9-8-12-11-21-22(16(12)15(13)20)14-7-5-6-10-23-14/h8-9,11,14H,5-7,10H2,1-4H3. The minimum Gasteiger partial charge on any atom is -0.399 e. The zero-order chi connectivity index (χ0) is 17.8. The first-order chi connectivity index (χ1) is 11.8. The van der Waals surface area contributed by atoms with E-state index in [1.807, 2.05) is 33.8 Å². The van der Waals surface area contributed by atoms with Gasteiger partial charge in [-0.05, 0) is 47.0 Å². The van der Waals surface area contributed by atoms with Crippen LogP contribution in [0.2, 0.25) is 0 Å². The van der Waals surface area contributed by atoms with Gasteiger partial charge < -0.3 is 14.0 Å². The summed E-state index contributed by atoms with van der Waals surface area (Å²) in [5.41, 5.74) is -0.153. The van der Waals surface area contributed by atoms with Gasteiger partial charge in [0.1, 0.15) is 11.3 Å². The second-order valence-corrected chi connectivity index (χ2v) is 7.91. The van der Waals surface area contributed by atoms with E-state index in [0.717, 1.165) is 24.6 Å². The molecule has 3 heterocycles. The summed E-state index contributed by atoms with van der Waals surface area (Å²) in [6.45, 7) is 8.53. The predicted octanol–water partition coefficient (Wildman–Crippen LogP) is 3.17. The van der Waals surface area contributed by atoms with Crippen LogP contribution in [0.3, 0.4) is 0 Å². The van der Waals surface area contributed by atoms with Gasteiger partial charge in [0.05, 0.1) is 17.4 Å². The average molecular weight is 346 g/mol. The second kappa shape index (κ2) is 5.79. The smallest absolute Gasteiger partial charge is 0.399 e. The van der Waals surface area contributed by atoms with Gasteiger partial charge in [-0.1, -0.05) is 12.1 Å². The normalized spacial score (nSPS) is 25.6. The highest BCUT2D eigenvalue weighted by Crippen LogP contribution is 2.37. The maximum absolute atomic E-state index is 15.4. The second-order valence-electron chi connectivity index (χ2n) is 7.91. The van der Waals surface area contributed by atoms with Gasteiger partial charge in [0.25, 0.3) is 0 Å². The molecule has 2 saturated heterocycles. The molecule has 2 fully saturated rings. The fourth-order valence-corrected chi connectivity index (χ4v) is 3.40. The Bertz CT molecular complexity index is 783. The fraction of sp³-hybridized carbons (Fsp3) is 0.611. The van der Waals surface area contributed by atoms with Crippen molar-refractivity contribution in [2.24, 2.45) is 0 Å². The number of hydrogen-bond donors (Lipinski definition) is 0. The summed E-state index contributed by atoms with van der Waals surface area (Å²) < 4.78 is 34.9. The first-order valence-electron chi connectivity index (χ1n) is 8.93. The van der Waals surface area contributed by atoms with Crippen molar-refractivity contribution in [3.05, 3.63) is 24.1 Å². The Morgan fingerprint density at radius 1 is 1.16 bits per heavy atom. The SMILES string of the molecule is CC1(C)OB(c2ccc3cnn(C4CCCCO4)c3c2F)OC1(C)C. The zero-order valence-electron chi connectivity index (χ0n) is 15.2. The summed E-state index contributed by atoms with van der Waals surface area (Å²) in [5.74, 6) is -0.345. The average Bonchev–Trinajstić information content (AvgIpc) is 3.08. The van der Waals surface area contributed by atoms with E-state index in [-0.39, 0.29) is 12.0 Å². The quantitative estimate of drug-likeness (QED) is 0.784. The van der Waals surface area contributed by atoms with Crippen molar-refractivity contribution in [2.75, 3.05) is 6.61 Å². The monoisotopic (exact) mass is 346 g/mol. The predicted molar refractivity (Wildman–Crippen MR) is 94.2 cm³/mol. The first-order valence-corrected chi connectivity index (χ1v) is 8.93. The van der Waals surface area contributed by atoms with Gasteiger partial charge in [0, 0.05) is 17.5 Å². The lowest BCUT2D eigenvalue weighted by Gasteiger charge is -2.32. The van der Waals surface area contributed by atoms with Gasteiger partial charge in [0.15, 0.2) is 6.23 Å². The van der Waals surface area contributed by atoms with Crippen LogP contribution in [0, 0.1) is 5.82 Å². The van der Waals surface area contributed by atoms with Crippen LogP contribution in [0.15, 0.2) is 18.3 Å². The van der Waals surface area contributed by atoms with Crippen LogP contribution in [-0.2, 0) is 14.0 Å². The molecule has 0 radical (unpaired) electrons. The van der Waals surface area contributed by atoms with E-state index in [1.54, 1.807) is 16.9 Å². The molecule has 0 bridgehead atoms. The van der Waals surface area contributed by atoms with Gasteiger partial charge >= 0.3 is 7.12 Å². The Morgan fingerprint density at radius 3 is 2.52 bits per heavy atom. The van der Waals surface area contributed by atoms with Crippen molar-refractivity contribution in [3.63, 3.8) is 0 Å². The largest absolute Gasteiger partial charge is 0.497 e. The summed E-state index contributed by atoms with van der Waals surface area (Å²) >= 11 is 0. The number of fused-ring (bicyclic) bond motifs is 1. The third-order valence-electron chi connectivity index (χ3n) is 5.66. The molecule has 0 aliphatic carbocycles. The third kappa shape index (κ3) is 2.69. The maximum atomic E-state index is 15.4. The highest BCUT2D eigenvalue weighted by Gasteiger charge is 2.52. The van der Waals surface area contributed by atoms with Crippen LogP contribution in [0.25, 0.3) is 10.9 Å². The van der Waals surface area contributed by atoms with E-state index in [2.05, 4.69) is 5.10 Å². The van der Waals surface area contributed by atoms with Crippen LogP contribution in [0.1, 0.15) is 53.2 Å². The van der Waals surface area contributed by atoms with E-state index in [4.69, 9.17) is 14.0 Å². The van der Waals surface area contributed by atoms with Crippen LogP contribution in [0.5, 0.6) is 0 Å². The molecule has 1 atom stereocenters. The molecule has 2 aliphatic rings. The molecule has 1 aromatic heterocycles.